The van der Waals surface area contributed by atoms with Crippen LogP contribution in [-0.2, 0) is 0 Å². The van der Waals surface area contributed by atoms with Gasteiger partial charge in [-0.25, -0.2) is 0 Å². The van der Waals surface area contributed by atoms with Gasteiger partial charge in [-0.3, -0.25) is 0 Å². The molecule has 0 aromatic carbocycles. The fraction of sp³-hybridized carbons (Fsp3) is 0.0909. The van der Waals surface area contributed by atoms with Crippen LogP contribution < -0.4 is 5.32 Å². The normalized spacial score (nSPS) is 20.2. The Balaban J connectivity index is 2.45. The summed E-state index contributed by atoms with van der Waals surface area (Å²) in [5.41, 5.74) is 3.54. The monoisotopic (exact) mass is 235 g/mol. The molecule has 1 aliphatic heterocycles. The molecule has 66 valence electrons. The van der Waals surface area contributed by atoms with Crippen LogP contribution in [0.5, 0.6) is 0 Å². The largest absolute Gasteiger partial charge is 0.359 e. The number of allylic oxidation sites excluding steroid dienone is 8. The summed E-state index contributed by atoms with van der Waals surface area (Å²) in [7, 11) is 0. The molecule has 2 aliphatic rings. The second-order valence-corrected chi connectivity index (χ2v) is 3.98. The molecule has 0 amide bonds. The van der Waals surface area contributed by atoms with E-state index in [2.05, 4.69) is 52.5 Å². The number of hydrogen-bond donors (Lipinski definition) is 1. The molecular formula is C11H10BrN. The fourth-order valence-electron chi connectivity index (χ4n) is 1.33. The third kappa shape index (κ3) is 1.83. The number of hydrogen-bond acceptors (Lipinski definition) is 1. The van der Waals surface area contributed by atoms with Gasteiger partial charge in [0.15, 0.2) is 0 Å². The van der Waals surface area contributed by atoms with Crippen LogP contribution >= 0.6 is 15.9 Å². The van der Waals surface area contributed by atoms with Crippen molar-refractivity contribution in [1.29, 1.82) is 0 Å². The third-order valence-electron chi connectivity index (χ3n) is 1.97. The van der Waals surface area contributed by atoms with E-state index in [1.807, 2.05) is 12.2 Å². The molecule has 1 nitrogen and oxygen atoms in total. The first-order valence-corrected chi connectivity index (χ1v) is 4.96. The number of nitrogens with one attached hydrogen (secondary N) is 1. The lowest BCUT2D eigenvalue weighted by molar-refractivity contribution is 0.972. The van der Waals surface area contributed by atoms with Gasteiger partial charge in [-0.15, -0.1) is 0 Å². The SMILES string of the molecule is CC1=CC=C2C=C(Br)C=CC=C2N1. The lowest BCUT2D eigenvalue weighted by Gasteiger charge is -2.15. The molecule has 0 saturated heterocycles. The zero-order valence-electron chi connectivity index (χ0n) is 7.34. The van der Waals surface area contributed by atoms with Gasteiger partial charge in [0.05, 0.1) is 0 Å². The summed E-state index contributed by atoms with van der Waals surface area (Å²) in [5, 5.41) is 3.32. The van der Waals surface area contributed by atoms with E-state index in [0.717, 1.165) is 10.2 Å². The maximum atomic E-state index is 3.47. The van der Waals surface area contributed by atoms with Gasteiger partial charge >= 0.3 is 0 Å². The number of dihydropyridines is 1. The van der Waals surface area contributed by atoms with Gasteiger partial charge in [0, 0.05) is 15.9 Å². The van der Waals surface area contributed by atoms with E-state index in [0.29, 0.717) is 0 Å². The molecule has 2 rings (SSSR count). The lowest BCUT2D eigenvalue weighted by atomic mass is 10.1. The Morgan fingerprint density at radius 3 is 2.92 bits per heavy atom. The predicted molar refractivity (Wildman–Crippen MR) is 59.2 cm³/mol. The van der Waals surface area contributed by atoms with E-state index in [-0.39, 0.29) is 0 Å². The summed E-state index contributed by atoms with van der Waals surface area (Å²) in [6, 6.07) is 0. The molecule has 0 fully saturated rings. The Bertz CT molecular complexity index is 381. The third-order valence-corrected chi connectivity index (χ3v) is 2.46. The van der Waals surface area contributed by atoms with Gasteiger partial charge in [0.25, 0.3) is 0 Å². The van der Waals surface area contributed by atoms with Gasteiger partial charge in [-0.05, 0) is 36.8 Å². The average molecular weight is 236 g/mol. The van der Waals surface area contributed by atoms with Crippen LogP contribution in [0.1, 0.15) is 6.92 Å². The van der Waals surface area contributed by atoms with Crippen LogP contribution in [0.25, 0.3) is 0 Å². The summed E-state index contributed by atoms with van der Waals surface area (Å²) in [6.07, 6.45) is 12.4. The Kier molecular flexibility index (Phi) is 2.23. The summed E-state index contributed by atoms with van der Waals surface area (Å²) in [4.78, 5) is 0. The van der Waals surface area contributed by atoms with E-state index in [4.69, 9.17) is 0 Å². The highest BCUT2D eigenvalue weighted by atomic mass is 79.9. The molecule has 1 aliphatic carbocycles. The summed E-state index contributed by atoms with van der Waals surface area (Å²) in [5.74, 6) is 0. The Morgan fingerprint density at radius 1 is 1.23 bits per heavy atom. The summed E-state index contributed by atoms with van der Waals surface area (Å²) >= 11 is 3.47. The highest BCUT2D eigenvalue weighted by Gasteiger charge is 2.07. The predicted octanol–water partition coefficient (Wildman–Crippen LogP) is 3.15. The maximum absolute atomic E-state index is 3.47. The molecule has 0 saturated carbocycles. The molecule has 0 bridgehead atoms. The van der Waals surface area contributed by atoms with Crippen molar-refractivity contribution in [2.24, 2.45) is 0 Å². The van der Waals surface area contributed by atoms with Gasteiger partial charge in [-0.2, -0.15) is 0 Å². The Labute approximate surface area is 86.3 Å². The minimum absolute atomic E-state index is 1.10. The standard InChI is InChI=1S/C11H10BrN/c1-8-5-6-9-7-10(12)3-2-4-11(9)13-8/h2-7,13H,1H3. The first-order chi connectivity index (χ1) is 6.25. The molecule has 0 aromatic heterocycles. The molecule has 0 radical (unpaired) electrons. The molecule has 1 heterocycles. The van der Waals surface area contributed by atoms with Gasteiger partial charge in [0.1, 0.15) is 0 Å². The van der Waals surface area contributed by atoms with Crippen molar-refractivity contribution < 1.29 is 0 Å². The van der Waals surface area contributed by atoms with Crippen molar-refractivity contribution in [3.63, 3.8) is 0 Å². The lowest BCUT2D eigenvalue weighted by Crippen LogP contribution is -2.14. The average Bonchev–Trinajstić information content (AvgIpc) is 2.25. The van der Waals surface area contributed by atoms with Gasteiger partial charge in [-0.1, -0.05) is 28.1 Å². The molecule has 2 heteroatoms. The highest BCUT2D eigenvalue weighted by molar-refractivity contribution is 9.11. The van der Waals surface area contributed by atoms with Crippen LogP contribution in [0.4, 0.5) is 0 Å². The molecular weight excluding hydrogens is 226 g/mol. The van der Waals surface area contributed by atoms with E-state index in [1.165, 1.54) is 11.3 Å². The topological polar surface area (TPSA) is 12.0 Å². The van der Waals surface area contributed by atoms with Crippen LogP contribution in [0.3, 0.4) is 0 Å². The smallest absolute Gasteiger partial charge is 0.0455 e. The molecule has 0 spiro atoms. The molecule has 0 aromatic rings. The first kappa shape index (κ1) is 8.57. The van der Waals surface area contributed by atoms with E-state index < -0.39 is 0 Å². The van der Waals surface area contributed by atoms with Crippen molar-refractivity contribution in [3.8, 4) is 0 Å². The number of rotatable bonds is 0. The Morgan fingerprint density at radius 2 is 2.08 bits per heavy atom. The summed E-state index contributed by atoms with van der Waals surface area (Å²) in [6.45, 7) is 2.06. The van der Waals surface area contributed by atoms with Crippen LogP contribution in [0.2, 0.25) is 0 Å². The number of halogens is 1. The van der Waals surface area contributed by atoms with Crippen LogP contribution in [0, 0.1) is 0 Å². The minimum Gasteiger partial charge on any atom is -0.359 e. The van der Waals surface area contributed by atoms with E-state index >= 15 is 0 Å². The first-order valence-electron chi connectivity index (χ1n) is 4.17. The zero-order valence-corrected chi connectivity index (χ0v) is 8.93. The number of fused-ring (bicyclic) bond motifs is 1. The zero-order chi connectivity index (χ0) is 9.26. The van der Waals surface area contributed by atoms with Crippen molar-refractivity contribution in [2.75, 3.05) is 0 Å². The molecule has 13 heavy (non-hydrogen) atoms. The quantitative estimate of drug-likeness (QED) is 0.681. The second-order valence-electron chi connectivity index (χ2n) is 3.07. The molecule has 1 N–H and O–H groups in total. The molecule has 0 unspecified atom stereocenters. The second kappa shape index (κ2) is 3.38. The van der Waals surface area contributed by atoms with Crippen LogP contribution in [0.15, 0.2) is 57.9 Å². The fourth-order valence-corrected chi connectivity index (χ4v) is 1.73. The maximum Gasteiger partial charge on any atom is 0.0455 e. The molecule has 0 atom stereocenters. The van der Waals surface area contributed by atoms with Gasteiger partial charge < -0.3 is 5.32 Å². The highest BCUT2D eigenvalue weighted by Crippen LogP contribution is 2.22. The van der Waals surface area contributed by atoms with Crippen molar-refractivity contribution in [2.45, 2.75) is 6.92 Å². The van der Waals surface area contributed by atoms with Crippen molar-refractivity contribution >= 4 is 15.9 Å². The van der Waals surface area contributed by atoms with Crippen molar-refractivity contribution in [3.05, 3.63) is 57.9 Å². The minimum atomic E-state index is 1.10. The van der Waals surface area contributed by atoms with Crippen molar-refractivity contribution in [1.82, 2.24) is 5.32 Å². The van der Waals surface area contributed by atoms with E-state index in [1.54, 1.807) is 0 Å². The van der Waals surface area contributed by atoms with Crippen LogP contribution in [-0.4, -0.2) is 0 Å². The van der Waals surface area contributed by atoms with Gasteiger partial charge in [0.2, 0.25) is 0 Å². The summed E-state index contributed by atoms with van der Waals surface area (Å²) < 4.78 is 1.10. The Hall–Kier alpha value is -1.02. The van der Waals surface area contributed by atoms with E-state index in [9.17, 15) is 0 Å².